The van der Waals surface area contributed by atoms with E-state index in [1.807, 2.05) is 0 Å². The Balaban J connectivity index is 2.93. The van der Waals surface area contributed by atoms with Gasteiger partial charge in [-0.25, -0.2) is 0 Å². The fraction of sp³-hybridized carbons (Fsp3) is 0.222. The Labute approximate surface area is 84.2 Å². The van der Waals surface area contributed by atoms with Crippen LogP contribution in [0.2, 0.25) is 0 Å². The van der Waals surface area contributed by atoms with E-state index in [0.717, 1.165) is 0 Å². The zero-order valence-corrected chi connectivity index (χ0v) is 8.37. The smallest absolute Gasteiger partial charge is 0.236 e. The average molecular weight is 213 g/mol. The van der Waals surface area contributed by atoms with Gasteiger partial charge in [0, 0.05) is 16.6 Å². The summed E-state index contributed by atoms with van der Waals surface area (Å²) in [6.45, 7) is 2.28. The summed E-state index contributed by atoms with van der Waals surface area (Å²) in [6, 6.07) is 6.07. The third-order valence-electron chi connectivity index (χ3n) is 1.53. The second kappa shape index (κ2) is 4.88. The van der Waals surface area contributed by atoms with Crippen LogP contribution in [-0.2, 0) is 11.1 Å². The van der Waals surface area contributed by atoms with Crippen molar-refractivity contribution in [2.75, 3.05) is 6.61 Å². The maximum absolute atomic E-state index is 11.0. The first-order chi connectivity index (χ1) is 6.65. The molecule has 5 heteroatoms. The highest BCUT2D eigenvalue weighted by Gasteiger charge is 2.06. The van der Waals surface area contributed by atoms with E-state index in [1.54, 1.807) is 19.1 Å². The Morgan fingerprint density at radius 3 is 2.86 bits per heavy atom. The summed E-state index contributed by atoms with van der Waals surface area (Å²) < 4.78 is 25.9. The van der Waals surface area contributed by atoms with Gasteiger partial charge in [0.25, 0.3) is 0 Å². The first kappa shape index (κ1) is 10.9. The lowest BCUT2D eigenvalue weighted by atomic mass is 10.2. The van der Waals surface area contributed by atoms with Crippen LogP contribution in [0.25, 0.3) is 0 Å². The minimum atomic E-state index is -2.72. The van der Waals surface area contributed by atoms with Crippen LogP contribution < -0.4 is 4.74 Å². The van der Waals surface area contributed by atoms with Gasteiger partial charge in [-0.3, -0.25) is 9.00 Å². The zero-order valence-electron chi connectivity index (χ0n) is 7.56. The molecule has 0 N–H and O–H groups in total. The lowest BCUT2D eigenvalue weighted by Gasteiger charge is -2.06. The topological polar surface area (TPSA) is 66.4 Å². The van der Waals surface area contributed by atoms with E-state index in [2.05, 4.69) is 0 Å². The van der Waals surface area contributed by atoms with Gasteiger partial charge in [-0.15, -0.1) is 0 Å². The molecule has 0 heterocycles. The second-order valence-electron chi connectivity index (χ2n) is 2.48. The van der Waals surface area contributed by atoms with Gasteiger partial charge in [0.15, 0.2) is 0 Å². The lowest BCUT2D eigenvalue weighted by molar-refractivity contribution is 0.107. The van der Waals surface area contributed by atoms with Crippen LogP contribution in [0.5, 0.6) is 5.75 Å². The van der Waals surface area contributed by atoms with Gasteiger partial charge in [-0.1, -0.05) is 12.1 Å². The molecule has 1 rings (SSSR count). The lowest BCUT2D eigenvalue weighted by Crippen LogP contribution is -2.06. The molecule has 0 aliphatic heterocycles. The molecule has 0 amide bonds. The molecule has 1 unspecified atom stereocenters. The number of rotatable bonds is 3. The van der Waals surface area contributed by atoms with Crippen LogP contribution in [0, 0.1) is 0 Å². The minimum absolute atomic E-state index is 0.115. The van der Waals surface area contributed by atoms with Gasteiger partial charge < -0.3 is 9.29 Å². The van der Waals surface area contributed by atoms with Crippen molar-refractivity contribution in [3.05, 3.63) is 29.8 Å². The molecule has 1 aromatic carbocycles. The molecule has 0 saturated carbocycles. The molecule has 4 nitrogen and oxygen atoms in total. The third-order valence-corrected chi connectivity index (χ3v) is 2.07. The SMILES string of the molecule is CCOc1cccc(C(=O)S(=O)[O-])c1. The molecular formula is C9H9O4S-. The minimum Gasteiger partial charge on any atom is -0.766 e. The third kappa shape index (κ3) is 2.65. The fourth-order valence-electron chi connectivity index (χ4n) is 0.976. The number of carbonyl (C=O) groups excluding carboxylic acids is 1. The number of carbonyl (C=O) groups is 1. The molecular weight excluding hydrogens is 204 g/mol. The van der Waals surface area contributed by atoms with E-state index >= 15 is 0 Å². The van der Waals surface area contributed by atoms with Crippen molar-refractivity contribution in [1.29, 1.82) is 0 Å². The van der Waals surface area contributed by atoms with Gasteiger partial charge >= 0.3 is 0 Å². The second-order valence-corrected chi connectivity index (χ2v) is 3.32. The van der Waals surface area contributed by atoms with Crippen molar-refractivity contribution in [3.8, 4) is 5.75 Å². The van der Waals surface area contributed by atoms with E-state index in [9.17, 15) is 13.6 Å². The Bertz CT molecular complexity index is 362. The largest absolute Gasteiger partial charge is 0.766 e. The summed E-state index contributed by atoms with van der Waals surface area (Å²) in [5.41, 5.74) is 0.115. The summed E-state index contributed by atoms with van der Waals surface area (Å²) in [5.74, 6) is 0.490. The number of hydrogen-bond donors (Lipinski definition) is 0. The van der Waals surface area contributed by atoms with Crippen molar-refractivity contribution in [1.82, 2.24) is 0 Å². The number of ether oxygens (including phenoxy) is 1. The Morgan fingerprint density at radius 2 is 2.29 bits per heavy atom. The molecule has 14 heavy (non-hydrogen) atoms. The summed E-state index contributed by atoms with van der Waals surface area (Å²) in [6.07, 6.45) is 0. The fourth-order valence-corrected chi connectivity index (χ4v) is 1.30. The van der Waals surface area contributed by atoms with Crippen LogP contribution in [0.1, 0.15) is 17.3 Å². The van der Waals surface area contributed by atoms with Crippen LogP contribution in [-0.4, -0.2) is 20.5 Å². The normalized spacial score (nSPS) is 12.1. The van der Waals surface area contributed by atoms with Gasteiger partial charge in [0.1, 0.15) is 5.75 Å². The summed E-state index contributed by atoms with van der Waals surface area (Å²) in [5, 5.41) is -0.924. The molecule has 0 spiro atoms. The van der Waals surface area contributed by atoms with Crippen molar-refractivity contribution in [3.63, 3.8) is 0 Å². The quantitative estimate of drug-likeness (QED) is 0.705. The number of benzene rings is 1. The van der Waals surface area contributed by atoms with Crippen LogP contribution in [0.4, 0.5) is 0 Å². The zero-order chi connectivity index (χ0) is 10.6. The van der Waals surface area contributed by atoms with E-state index in [0.29, 0.717) is 12.4 Å². The predicted molar refractivity (Wildman–Crippen MR) is 50.9 cm³/mol. The highest BCUT2D eigenvalue weighted by atomic mass is 32.2. The monoisotopic (exact) mass is 213 g/mol. The Morgan fingerprint density at radius 1 is 1.57 bits per heavy atom. The molecule has 0 aromatic heterocycles. The van der Waals surface area contributed by atoms with Crippen molar-refractivity contribution in [2.45, 2.75) is 6.92 Å². The van der Waals surface area contributed by atoms with Crippen LogP contribution >= 0.6 is 0 Å². The summed E-state index contributed by atoms with van der Waals surface area (Å²) in [7, 11) is 0. The van der Waals surface area contributed by atoms with Gasteiger partial charge in [-0.05, 0) is 19.1 Å². The predicted octanol–water partition coefficient (Wildman–Crippen LogP) is 1.10. The molecule has 0 aliphatic carbocycles. The molecule has 0 radical (unpaired) electrons. The van der Waals surface area contributed by atoms with E-state index in [4.69, 9.17) is 4.74 Å². The summed E-state index contributed by atoms with van der Waals surface area (Å²) in [4.78, 5) is 11.0. The van der Waals surface area contributed by atoms with Gasteiger partial charge in [0.2, 0.25) is 5.12 Å². The van der Waals surface area contributed by atoms with Crippen LogP contribution in [0.15, 0.2) is 24.3 Å². The maximum Gasteiger partial charge on any atom is 0.236 e. The average Bonchev–Trinajstić information content (AvgIpc) is 2.17. The van der Waals surface area contributed by atoms with Crippen LogP contribution in [0.3, 0.4) is 0 Å². The standard InChI is InChI=1S/C9H10O4S/c1-2-13-8-5-3-4-7(6-8)9(10)14(11)12/h3-6H,2H2,1H3,(H,11,12)/p-1. The number of hydrogen-bond acceptors (Lipinski definition) is 4. The molecule has 0 fully saturated rings. The Kier molecular flexibility index (Phi) is 3.79. The van der Waals surface area contributed by atoms with E-state index < -0.39 is 16.2 Å². The van der Waals surface area contributed by atoms with Crippen molar-refractivity contribution >= 4 is 16.2 Å². The Hall–Kier alpha value is -1.20. The highest BCUT2D eigenvalue weighted by Crippen LogP contribution is 2.14. The molecule has 0 saturated heterocycles. The van der Waals surface area contributed by atoms with Crippen molar-refractivity contribution < 1.29 is 18.3 Å². The molecule has 1 atom stereocenters. The van der Waals surface area contributed by atoms with E-state index in [-0.39, 0.29) is 5.56 Å². The van der Waals surface area contributed by atoms with Gasteiger partial charge in [-0.2, -0.15) is 0 Å². The summed E-state index contributed by atoms with van der Waals surface area (Å²) >= 11 is -2.72. The maximum atomic E-state index is 11.0. The molecule has 76 valence electrons. The highest BCUT2D eigenvalue weighted by molar-refractivity contribution is 7.95. The van der Waals surface area contributed by atoms with Gasteiger partial charge in [0.05, 0.1) is 6.61 Å². The molecule has 0 bridgehead atoms. The van der Waals surface area contributed by atoms with Crippen molar-refractivity contribution in [2.24, 2.45) is 0 Å². The van der Waals surface area contributed by atoms with E-state index in [1.165, 1.54) is 12.1 Å². The first-order valence-corrected chi connectivity index (χ1v) is 5.09. The molecule has 1 aromatic rings. The first-order valence-electron chi connectivity index (χ1n) is 4.01. The molecule has 0 aliphatic rings.